The average Bonchev–Trinajstić information content (AvgIpc) is 2.35. The molecular weight excluding hydrogens is 242 g/mol. The van der Waals surface area contributed by atoms with E-state index in [0.717, 1.165) is 12.3 Å². The van der Waals surface area contributed by atoms with Crippen LogP contribution < -0.4 is 0 Å². The molecule has 1 amide bonds. The molecule has 4 nitrogen and oxygen atoms in total. The molecule has 1 aromatic rings. The zero-order chi connectivity index (χ0) is 13.3. The number of nitrogens with zero attached hydrogens (tertiary/aromatic N) is 2. The van der Waals surface area contributed by atoms with E-state index in [1.165, 1.54) is 4.90 Å². The molecule has 18 heavy (non-hydrogen) atoms. The van der Waals surface area contributed by atoms with Gasteiger partial charge in [0, 0.05) is 19.3 Å². The Balaban J connectivity index is 2.19. The van der Waals surface area contributed by atoms with Gasteiger partial charge in [0.1, 0.15) is 0 Å². The molecule has 2 heterocycles. The maximum atomic E-state index is 13.4. The van der Waals surface area contributed by atoms with E-state index < -0.39 is 23.8 Å². The van der Waals surface area contributed by atoms with Gasteiger partial charge in [-0.1, -0.05) is 6.92 Å². The van der Waals surface area contributed by atoms with Crippen LogP contribution in [0.3, 0.4) is 0 Å². The largest absolute Gasteiger partial charge is 0.391 e. The van der Waals surface area contributed by atoms with Gasteiger partial charge in [-0.25, -0.2) is 9.37 Å². The summed E-state index contributed by atoms with van der Waals surface area (Å²) in [5.41, 5.74) is -0.343. The minimum atomic E-state index is -1.29. The molecule has 1 aliphatic heterocycles. The zero-order valence-corrected chi connectivity index (χ0v) is 9.94. The second kappa shape index (κ2) is 4.97. The lowest BCUT2D eigenvalue weighted by atomic mass is 9.95. The first-order valence-corrected chi connectivity index (χ1v) is 5.78. The maximum Gasteiger partial charge on any atom is 0.257 e. The van der Waals surface area contributed by atoms with Gasteiger partial charge in [0.15, 0.2) is 5.82 Å². The average molecular weight is 256 g/mol. The summed E-state index contributed by atoms with van der Waals surface area (Å²) in [6, 6.07) is 1.14. The fourth-order valence-corrected chi connectivity index (χ4v) is 1.99. The third-order valence-electron chi connectivity index (χ3n) is 3.28. The summed E-state index contributed by atoms with van der Waals surface area (Å²) < 4.78 is 26.4. The summed E-state index contributed by atoms with van der Waals surface area (Å²) in [5.74, 6) is -3.03. The number of aromatic nitrogens is 1. The number of hydrogen-bond acceptors (Lipinski definition) is 3. The van der Waals surface area contributed by atoms with Crippen molar-refractivity contribution >= 4 is 5.91 Å². The Morgan fingerprint density at radius 3 is 2.94 bits per heavy atom. The van der Waals surface area contributed by atoms with Crippen LogP contribution in [0.5, 0.6) is 0 Å². The number of carbonyl (C=O) groups is 1. The number of likely N-dealkylation sites (tertiary alicyclic amines) is 1. The Morgan fingerprint density at radius 2 is 2.28 bits per heavy atom. The second-order valence-electron chi connectivity index (χ2n) is 4.55. The van der Waals surface area contributed by atoms with Crippen molar-refractivity contribution < 1.29 is 18.7 Å². The number of halogens is 2. The number of aliphatic hydroxyl groups excluding tert-OH is 1. The van der Waals surface area contributed by atoms with Gasteiger partial charge in [0.05, 0.1) is 11.7 Å². The highest BCUT2D eigenvalue weighted by Crippen LogP contribution is 2.20. The van der Waals surface area contributed by atoms with Crippen LogP contribution in [0, 0.1) is 17.7 Å². The summed E-state index contributed by atoms with van der Waals surface area (Å²) in [7, 11) is 0. The van der Waals surface area contributed by atoms with Gasteiger partial charge < -0.3 is 10.0 Å². The SMILES string of the molecule is CC1CCN(C(=O)c2ccnc(F)c2F)CC1O. The molecule has 0 spiro atoms. The van der Waals surface area contributed by atoms with E-state index in [0.29, 0.717) is 13.0 Å². The molecule has 0 saturated carbocycles. The predicted octanol–water partition coefficient (Wildman–Crippen LogP) is 1.20. The Labute approximate surface area is 103 Å². The number of rotatable bonds is 1. The van der Waals surface area contributed by atoms with Crippen molar-refractivity contribution in [3.8, 4) is 0 Å². The lowest BCUT2D eigenvalue weighted by Crippen LogP contribution is -2.46. The van der Waals surface area contributed by atoms with Gasteiger partial charge >= 0.3 is 0 Å². The summed E-state index contributed by atoms with van der Waals surface area (Å²) >= 11 is 0. The van der Waals surface area contributed by atoms with E-state index in [-0.39, 0.29) is 18.0 Å². The molecule has 1 aliphatic rings. The van der Waals surface area contributed by atoms with Gasteiger partial charge in [-0.15, -0.1) is 0 Å². The predicted molar refractivity (Wildman–Crippen MR) is 59.8 cm³/mol. The van der Waals surface area contributed by atoms with Gasteiger partial charge in [-0.05, 0) is 18.4 Å². The Hall–Kier alpha value is -1.56. The summed E-state index contributed by atoms with van der Waals surface area (Å²) in [6.07, 6.45) is 1.06. The van der Waals surface area contributed by atoms with Crippen LogP contribution in [0.4, 0.5) is 8.78 Å². The molecule has 2 atom stereocenters. The van der Waals surface area contributed by atoms with Crippen molar-refractivity contribution in [1.82, 2.24) is 9.88 Å². The third kappa shape index (κ3) is 2.33. The van der Waals surface area contributed by atoms with E-state index in [1.807, 2.05) is 6.92 Å². The fraction of sp³-hybridized carbons (Fsp3) is 0.500. The quantitative estimate of drug-likeness (QED) is 0.768. The third-order valence-corrected chi connectivity index (χ3v) is 3.28. The highest BCUT2D eigenvalue weighted by molar-refractivity contribution is 5.94. The lowest BCUT2D eigenvalue weighted by Gasteiger charge is -2.34. The molecule has 1 fully saturated rings. The Morgan fingerprint density at radius 1 is 1.56 bits per heavy atom. The first-order valence-electron chi connectivity index (χ1n) is 5.78. The standard InChI is InChI=1S/C12H14F2N2O2/c1-7-3-5-16(6-9(7)17)12(18)8-2-4-15-11(14)10(8)13/h2,4,7,9,17H,3,5-6H2,1H3. The minimum Gasteiger partial charge on any atom is -0.391 e. The van der Waals surface area contributed by atoms with Gasteiger partial charge in [-0.3, -0.25) is 4.79 Å². The van der Waals surface area contributed by atoms with E-state index in [9.17, 15) is 18.7 Å². The number of aliphatic hydroxyl groups is 1. The molecule has 0 bridgehead atoms. The van der Waals surface area contributed by atoms with Gasteiger partial charge in [-0.2, -0.15) is 4.39 Å². The Kier molecular flexibility index (Phi) is 3.56. The molecule has 98 valence electrons. The summed E-state index contributed by atoms with van der Waals surface area (Å²) in [4.78, 5) is 16.5. The number of hydrogen-bond donors (Lipinski definition) is 1. The van der Waals surface area contributed by atoms with Crippen molar-refractivity contribution in [1.29, 1.82) is 0 Å². The highest BCUT2D eigenvalue weighted by atomic mass is 19.2. The van der Waals surface area contributed by atoms with Crippen LogP contribution in [0.1, 0.15) is 23.7 Å². The van der Waals surface area contributed by atoms with Crippen LogP contribution in [-0.2, 0) is 0 Å². The molecule has 1 saturated heterocycles. The van der Waals surface area contributed by atoms with E-state index in [1.54, 1.807) is 0 Å². The molecular formula is C12H14F2N2O2. The minimum absolute atomic E-state index is 0.105. The van der Waals surface area contributed by atoms with Crippen LogP contribution in [0.25, 0.3) is 0 Å². The molecule has 1 N–H and O–H groups in total. The second-order valence-corrected chi connectivity index (χ2v) is 4.55. The molecule has 0 aromatic carbocycles. The molecule has 6 heteroatoms. The van der Waals surface area contributed by atoms with E-state index >= 15 is 0 Å². The molecule has 0 aliphatic carbocycles. The van der Waals surface area contributed by atoms with Crippen LogP contribution in [-0.4, -0.2) is 40.1 Å². The lowest BCUT2D eigenvalue weighted by molar-refractivity contribution is 0.0245. The summed E-state index contributed by atoms with van der Waals surface area (Å²) in [5, 5.41) is 9.69. The summed E-state index contributed by atoms with van der Waals surface area (Å²) in [6.45, 7) is 2.46. The maximum absolute atomic E-state index is 13.4. The number of pyridine rings is 1. The monoisotopic (exact) mass is 256 g/mol. The van der Waals surface area contributed by atoms with Crippen molar-refractivity contribution in [2.24, 2.45) is 5.92 Å². The molecule has 2 rings (SSSR count). The smallest absolute Gasteiger partial charge is 0.257 e. The zero-order valence-electron chi connectivity index (χ0n) is 9.94. The van der Waals surface area contributed by atoms with Gasteiger partial charge in [0.25, 0.3) is 5.91 Å². The topological polar surface area (TPSA) is 53.4 Å². The first-order chi connectivity index (χ1) is 8.50. The highest BCUT2D eigenvalue weighted by Gasteiger charge is 2.29. The normalized spacial score (nSPS) is 24.1. The molecule has 2 unspecified atom stereocenters. The fourth-order valence-electron chi connectivity index (χ4n) is 1.99. The Bertz CT molecular complexity index is 467. The van der Waals surface area contributed by atoms with Crippen molar-refractivity contribution in [2.75, 3.05) is 13.1 Å². The number of β-amino-alcohol motifs (C(OH)–C–C–N with tert-alkyl or cyclic N) is 1. The van der Waals surface area contributed by atoms with Crippen molar-refractivity contribution in [3.05, 3.63) is 29.6 Å². The molecule has 0 radical (unpaired) electrons. The van der Waals surface area contributed by atoms with E-state index in [4.69, 9.17) is 0 Å². The van der Waals surface area contributed by atoms with Gasteiger partial charge in [0.2, 0.25) is 5.95 Å². The number of carbonyl (C=O) groups excluding carboxylic acids is 1. The van der Waals surface area contributed by atoms with Crippen LogP contribution in [0.15, 0.2) is 12.3 Å². The molecule has 1 aromatic heterocycles. The van der Waals surface area contributed by atoms with Crippen molar-refractivity contribution in [2.45, 2.75) is 19.4 Å². The van der Waals surface area contributed by atoms with Crippen LogP contribution >= 0.6 is 0 Å². The van der Waals surface area contributed by atoms with Crippen LogP contribution in [0.2, 0.25) is 0 Å². The van der Waals surface area contributed by atoms with Crippen molar-refractivity contribution in [3.63, 3.8) is 0 Å². The van der Waals surface area contributed by atoms with E-state index in [2.05, 4.69) is 4.98 Å². The number of amides is 1. The first kappa shape index (κ1) is 12.9. The number of piperidine rings is 1.